The topological polar surface area (TPSA) is 72.6 Å². The van der Waals surface area contributed by atoms with Crippen LogP contribution in [0.25, 0.3) is 0 Å². The molecule has 1 aromatic rings. The number of rotatable bonds is 7. The van der Waals surface area contributed by atoms with E-state index in [0.29, 0.717) is 13.2 Å². The summed E-state index contributed by atoms with van der Waals surface area (Å²) in [6, 6.07) is 9.63. The smallest absolute Gasteiger partial charge is 0.229 e. The van der Waals surface area contributed by atoms with Crippen LogP contribution < -0.4 is 0 Å². The first-order valence-electron chi connectivity index (χ1n) is 5.10. The molecule has 0 amide bonds. The maximum Gasteiger partial charge on any atom is 0.229 e. The Hall–Kier alpha value is -1.46. The van der Waals surface area contributed by atoms with Gasteiger partial charge in [0, 0.05) is 18.0 Å². The zero-order chi connectivity index (χ0) is 11.8. The molecule has 1 N–H and O–H groups in total. The van der Waals surface area contributed by atoms with Crippen LogP contribution in [-0.2, 0) is 11.3 Å². The van der Waals surface area contributed by atoms with Crippen LogP contribution in [0.1, 0.15) is 12.0 Å². The molecule has 5 nitrogen and oxygen atoms in total. The normalized spacial score (nSPS) is 12.3. The third-order valence-electron chi connectivity index (χ3n) is 2.07. The Morgan fingerprint density at radius 1 is 1.38 bits per heavy atom. The molecule has 0 aliphatic carbocycles. The number of aliphatic hydroxyl groups is 1. The van der Waals surface area contributed by atoms with Gasteiger partial charge in [0.25, 0.3) is 0 Å². The zero-order valence-electron chi connectivity index (χ0n) is 8.91. The highest BCUT2D eigenvalue weighted by atomic mass is 16.6. The van der Waals surface area contributed by atoms with Crippen molar-refractivity contribution in [2.45, 2.75) is 19.1 Å². The standard InChI is InChI=1S/C11H15NO4/c13-11(8-12(14)15)6-7-16-9-10-4-2-1-3-5-10/h1-5,11,13H,6-9H2. The number of benzene rings is 1. The van der Waals surface area contributed by atoms with Crippen LogP contribution in [0.5, 0.6) is 0 Å². The summed E-state index contributed by atoms with van der Waals surface area (Å²) in [5.74, 6) is 0. The van der Waals surface area contributed by atoms with E-state index < -0.39 is 17.6 Å². The SMILES string of the molecule is O=[N+]([O-])CC(O)CCOCc1ccccc1. The van der Waals surface area contributed by atoms with Gasteiger partial charge in [-0.3, -0.25) is 10.1 Å². The summed E-state index contributed by atoms with van der Waals surface area (Å²) in [6.07, 6.45) is -0.640. The summed E-state index contributed by atoms with van der Waals surface area (Å²) in [5, 5.41) is 19.3. The summed E-state index contributed by atoms with van der Waals surface area (Å²) in [6.45, 7) is 0.366. The van der Waals surface area contributed by atoms with Gasteiger partial charge in [0.1, 0.15) is 6.10 Å². The van der Waals surface area contributed by atoms with E-state index >= 15 is 0 Å². The van der Waals surface area contributed by atoms with Gasteiger partial charge in [-0.2, -0.15) is 0 Å². The number of nitrogens with zero attached hydrogens (tertiary/aromatic N) is 1. The average Bonchev–Trinajstić information content (AvgIpc) is 2.25. The fourth-order valence-electron chi connectivity index (χ4n) is 1.25. The van der Waals surface area contributed by atoms with E-state index in [2.05, 4.69) is 0 Å². The molecular weight excluding hydrogens is 210 g/mol. The van der Waals surface area contributed by atoms with Crippen LogP contribution in [0.3, 0.4) is 0 Å². The molecule has 1 aromatic carbocycles. The van der Waals surface area contributed by atoms with Crippen molar-refractivity contribution in [2.75, 3.05) is 13.2 Å². The second kappa shape index (κ2) is 6.92. The molecule has 5 heteroatoms. The molecule has 1 unspecified atom stereocenters. The molecule has 1 rings (SSSR count). The van der Waals surface area contributed by atoms with E-state index in [4.69, 9.17) is 4.74 Å². The molecule has 88 valence electrons. The molecule has 0 aromatic heterocycles. The molecule has 0 heterocycles. The van der Waals surface area contributed by atoms with Gasteiger partial charge < -0.3 is 9.84 Å². The highest BCUT2D eigenvalue weighted by molar-refractivity contribution is 5.13. The number of aliphatic hydroxyl groups excluding tert-OH is 1. The van der Waals surface area contributed by atoms with E-state index in [1.807, 2.05) is 30.3 Å². The minimum Gasteiger partial charge on any atom is -0.386 e. The van der Waals surface area contributed by atoms with Gasteiger partial charge in [-0.05, 0) is 5.56 Å². The summed E-state index contributed by atoms with van der Waals surface area (Å²) in [5.41, 5.74) is 1.05. The maximum atomic E-state index is 10.1. The van der Waals surface area contributed by atoms with Gasteiger partial charge in [-0.1, -0.05) is 30.3 Å². The lowest BCUT2D eigenvalue weighted by molar-refractivity contribution is -0.490. The molecule has 0 radical (unpaired) electrons. The van der Waals surface area contributed by atoms with Crippen molar-refractivity contribution < 1.29 is 14.8 Å². The molecule has 0 aliphatic heterocycles. The molecule has 1 atom stereocenters. The zero-order valence-corrected chi connectivity index (χ0v) is 8.91. The number of hydrogen-bond acceptors (Lipinski definition) is 4. The first-order chi connectivity index (χ1) is 7.68. The molecule has 0 fully saturated rings. The van der Waals surface area contributed by atoms with Crippen molar-refractivity contribution in [1.82, 2.24) is 0 Å². The predicted octanol–water partition coefficient (Wildman–Crippen LogP) is 1.23. The van der Waals surface area contributed by atoms with Gasteiger partial charge in [0.15, 0.2) is 0 Å². The van der Waals surface area contributed by atoms with Gasteiger partial charge in [0.2, 0.25) is 6.54 Å². The Labute approximate surface area is 93.8 Å². The Bertz CT molecular complexity index is 315. The van der Waals surface area contributed by atoms with Crippen molar-refractivity contribution in [3.8, 4) is 0 Å². The lowest BCUT2D eigenvalue weighted by Gasteiger charge is -2.07. The van der Waals surface area contributed by atoms with E-state index in [9.17, 15) is 15.2 Å². The fourth-order valence-corrected chi connectivity index (χ4v) is 1.25. The Morgan fingerprint density at radius 3 is 2.69 bits per heavy atom. The van der Waals surface area contributed by atoms with E-state index in [1.54, 1.807) is 0 Å². The largest absolute Gasteiger partial charge is 0.386 e. The van der Waals surface area contributed by atoms with Crippen molar-refractivity contribution in [1.29, 1.82) is 0 Å². The molecule has 0 aliphatic rings. The molecule has 0 bridgehead atoms. The average molecular weight is 225 g/mol. The summed E-state index contributed by atoms with van der Waals surface area (Å²) in [7, 11) is 0. The summed E-state index contributed by atoms with van der Waals surface area (Å²) >= 11 is 0. The van der Waals surface area contributed by atoms with Crippen LogP contribution in [0.15, 0.2) is 30.3 Å². The molecular formula is C11H15NO4. The van der Waals surface area contributed by atoms with Gasteiger partial charge in [-0.15, -0.1) is 0 Å². The van der Waals surface area contributed by atoms with Gasteiger partial charge in [-0.25, -0.2) is 0 Å². The third kappa shape index (κ3) is 5.43. The fraction of sp³-hybridized carbons (Fsp3) is 0.455. The summed E-state index contributed by atoms with van der Waals surface area (Å²) < 4.78 is 5.29. The Kier molecular flexibility index (Phi) is 5.45. The van der Waals surface area contributed by atoms with Gasteiger partial charge >= 0.3 is 0 Å². The van der Waals surface area contributed by atoms with Crippen molar-refractivity contribution in [3.63, 3.8) is 0 Å². The predicted molar refractivity (Wildman–Crippen MR) is 58.6 cm³/mol. The molecule has 16 heavy (non-hydrogen) atoms. The molecule has 0 saturated carbocycles. The number of nitro groups is 1. The summed E-state index contributed by atoms with van der Waals surface area (Å²) in [4.78, 5) is 9.54. The van der Waals surface area contributed by atoms with Crippen LogP contribution in [0.2, 0.25) is 0 Å². The van der Waals surface area contributed by atoms with Crippen molar-refractivity contribution in [3.05, 3.63) is 46.0 Å². The van der Waals surface area contributed by atoms with E-state index in [-0.39, 0.29) is 6.42 Å². The Morgan fingerprint density at radius 2 is 2.06 bits per heavy atom. The number of hydrogen-bond donors (Lipinski definition) is 1. The van der Waals surface area contributed by atoms with Crippen LogP contribution in [-0.4, -0.2) is 29.3 Å². The van der Waals surface area contributed by atoms with Crippen molar-refractivity contribution >= 4 is 0 Å². The van der Waals surface area contributed by atoms with Crippen LogP contribution >= 0.6 is 0 Å². The van der Waals surface area contributed by atoms with E-state index in [1.165, 1.54) is 0 Å². The first-order valence-corrected chi connectivity index (χ1v) is 5.10. The highest BCUT2D eigenvalue weighted by Gasteiger charge is 2.10. The van der Waals surface area contributed by atoms with Gasteiger partial charge in [0.05, 0.1) is 6.61 Å². The lowest BCUT2D eigenvalue weighted by atomic mass is 10.2. The number of ether oxygens (including phenoxy) is 1. The minimum absolute atomic E-state index is 0.286. The molecule has 0 spiro atoms. The molecule has 0 saturated heterocycles. The minimum atomic E-state index is -0.925. The quantitative estimate of drug-likeness (QED) is 0.430. The third-order valence-corrected chi connectivity index (χ3v) is 2.07. The van der Waals surface area contributed by atoms with Crippen molar-refractivity contribution in [2.24, 2.45) is 0 Å². The second-order valence-electron chi connectivity index (χ2n) is 3.50. The van der Waals surface area contributed by atoms with Crippen LogP contribution in [0, 0.1) is 10.1 Å². The maximum absolute atomic E-state index is 10.1. The van der Waals surface area contributed by atoms with Crippen LogP contribution in [0.4, 0.5) is 0 Å². The Balaban J connectivity index is 2.10. The first kappa shape index (κ1) is 12.6. The highest BCUT2D eigenvalue weighted by Crippen LogP contribution is 2.01. The second-order valence-corrected chi connectivity index (χ2v) is 3.50. The lowest BCUT2D eigenvalue weighted by Crippen LogP contribution is -2.21. The monoisotopic (exact) mass is 225 g/mol. The van der Waals surface area contributed by atoms with E-state index in [0.717, 1.165) is 5.56 Å².